The van der Waals surface area contributed by atoms with Gasteiger partial charge in [-0.05, 0) is 30.5 Å². The molecule has 2 aliphatic heterocycles. The van der Waals surface area contributed by atoms with Crippen molar-refractivity contribution in [3.8, 4) is 11.8 Å². The minimum absolute atomic E-state index is 0.0705. The van der Waals surface area contributed by atoms with Crippen LogP contribution in [-0.2, 0) is 9.53 Å². The smallest absolute Gasteiger partial charge is 0.257 e. The van der Waals surface area contributed by atoms with Gasteiger partial charge in [0.15, 0.2) is 5.60 Å². The zero-order valence-electron chi connectivity index (χ0n) is 14.7. The van der Waals surface area contributed by atoms with Crippen molar-refractivity contribution in [1.82, 2.24) is 9.88 Å². The van der Waals surface area contributed by atoms with E-state index in [2.05, 4.69) is 17.1 Å². The first-order valence-electron chi connectivity index (χ1n) is 9.27. The molecule has 1 amide bonds. The van der Waals surface area contributed by atoms with Crippen molar-refractivity contribution in [3.63, 3.8) is 0 Å². The molecule has 0 bridgehead atoms. The first kappa shape index (κ1) is 16.3. The Labute approximate surface area is 157 Å². The summed E-state index contributed by atoms with van der Waals surface area (Å²) in [5, 5.41) is 8.81. The number of nitriles is 1. The van der Waals surface area contributed by atoms with E-state index in [1.165, 1.54) is 5.56 Å². The van der Waals surface area contributed by atoms with Crippen LogP contribution >= 0.6 is 0 Å². The third-order valence-electron chi connectivity index (χ3n) is 5.77. The minimum Gasteiger partial charge on any atom is -0.489 e. The lowest BCUT2D eigenvalue weighted by Gasteiger charge is -2.42. The van der Waals surface area contributed by atoms with Crippen molar-refractivity contribution in [3.05, 3.63) is 59.9 Å². The van der Waals surface area contributed by atoms with Crippen molar-refractivity contribution < 1.29 is 14.3 Å². The Hall–Kier alpha value is -2.91. The third-order valence-corrected chi connectivity index (χ3v) is 5.77. The topological polar surface area (TPSA) is 75.5 Å². The lowest BCUT2D eigenvalue weighted by Crippen LogP contribution is -2.55. The van der Waals surface area contributed by atoms with Crippen molar-refractivity contribution in [2.45, 2.75) is 49.7 Å². The second-order valence-corrected chi connectivity index (χ2v) is 7.42. The predicted molar refractivity (Wildman–Crippen MR) is 95.5 cm³/mol. The summed E-state index contributed by atoms with van der Waals surface area (Å²) in [5.41, 5.74) is 0.794. The highest BCUT2D eigenvalue weighted by molar-refractivity contribution is 5.89. The van der Waals surface area contributed by atoms with Crippen LogP contribution in [0.4, 0.5) is 0 Å². The maximum absolute atomic E-state index is 13.2. The van der Waals surface area contributed by atoms with Crippen LogP contribution in [0.1, 0.15) is 43.0 Å². The van der Waals surface area contributed by atoms with Crippen molar-refractivity contribution in [2.24, 2.45) is 0 Å². The largest absolute Gasteiger partial charge is 0.489 e. The number of ether oxygens (including phenoxy) is 2. The van der Waals surface area contributed by atoms with Gasteiger partial charge in [-0.15, -0.1) is 0 Å². The van der Waals surface area contributed by atoms with Gasteiger partial charge in [-0.1, -0.05) is 30.3 Å². The lowest BCUT2D eigenvalue weighted by molar-refractivity contribution is -0.162. The molecule has 3 heterocycles. The van der Waals surface area contributed by atoms with Gasteiger partial charge < -0.3 is 14.4 Å². The number of benzene rings is 1. The van der Waals surface area contributed by atoms with Crippen LogP contribution in [0.25, 0.3) is 0 Å². The van der Waals surface area contributed by atoms with Gasteiger partial charge in [-0.25, -0.2) is 4.98 Å². The molecule has 1 spiro atoms. The molecule has 2 aromatic rings. The Morgan fingerprint density at radius 3 is 2.70 bits per heavy atom. The third kappa shape index (κ3) is 2.58. The van der Waals surface area contributed by atoms with Gasteiger partial charge in [-0.2, -0.15) is 5.26 Å². The summed E-state index contributed by atoms with van der Waals surface area (Å²) < 4.78 is 12.1. The van der Waals surface area contributed by atoms with Crippen LogP contribution in [-0.4, -0.2) is 33.7 Å². The van der Waals surface area contributed by atoms with E-state index in [4.69, 9.17) is 14.7 Å². The molecule has 2 atom stereocenters. The highest BCUT2D eigenvalue weighted by Crippen LogP contribution is 2.51. The Morgan fingerprint density at radius 1 is 1.19 bits per heavy atom. The number of nitrogens with zero attached hydrogens (tertiary/aromatic N) is 3. The fourth-order valence-electron chi connectivity index (χ4n) is 4.45. The molecule has 6 heteroatoms. The standard InChI is InChI=1S/C21H19N3O3/c22-12-15-6-7-16(13-23-15)26-17-10-21(11-17)20(25)24-18(8-9-19(24)27-21)14-4-2-1-3-5-14/h1-7,13,17-19H,8-11H2/t17?,18-,19+,21?/m0/s1. The van der Waals surface area contributed by atoms with E-state index in [9.17, 15) is 4.79 Å². The summed E-state index contributed by atoms with van der Waals surface area (Å²) in [6.07, 6.45) is 4.27. The van der Waals surface area contributed by atoms with Crippen LogP contribution < -0.4 is 4.74 Å². The molecule has 3 fully saturated rings. The van der Waals surface area contributed by atoms with Crippen LogP contribution in [0, 0.1) is 11.3 Å². The van der Waals surface area contributed by atoms with Crippen molar-refractivity contribution in [1.29, 1.82) is 5.26 Å². The number of carbonyl (C=O) groups is 1. The fraction of sp³-hybridized carbons (Fsp3) is 0.381. The molecule has 0 N–H and O–H groups in total. The van der Waals surface area contributed by atoms with E-state index >= 15 is 0 Å². The maximum atomic E-state index is 13.2. The number of pyridine rings is 1. The van der Waals surface area contributed by atoms with Crippen molar-refractivity contribution in [2.75, 3.05) is 0 Å². The summed E-state index contributed by atoms with van der Waals surface area (Å²) in [5.74, 6) is 0.707. The van der Waals surface area contributed by atoms with E-state index in [0.29, 0.717) is 24.3 Å². The molecule has 1 aromatic heterocycles. The first-order chi connectivity index (χ1) is 13.2. The fourth-order valence-corrected chi connectivity index (χ4v) is 4.45. The van der Waals surface area contributed by atoms with Gasteiger partial charge in [0.2, 0.25) is 0 Å². The number of hydrogen-bond acceptors (Lipinski definition) is 5. The number of carbonyl (C=O) groups excluding carboxylic acids is 1. The second kappa shape index (κ2) is 6.07. The van der Waals surface area contributed by atoms with E-state index in [-0.39, 0.29) is 24.3 Å². The molecule has 1 aliphatic carbocycles. The van der Waals surface area contributed by atoms with Crippen LogP contribution in [0.15, 0.2) is 48.7 Å². The number of fused-ring (bicyclic) bond motifs is 1. The predicted octanol–water partition coefficient (Wildman–Crippen LogP) is 2.95. The van der Waals surface area contributed by atoms with Crippen LogP contribution in [0.2, 0.25) is 0 Å². The molecular weight excluding hydrogens is 342 g/mol. The molecule has 5 rings (SSSR count). The Balaban J connectivity index is 1.27. The van der Waals surface area contributed by atoms with Crippen LogP contribution in [0.3, 0.4) is 0 Å². The van der Waals surface area contributed by atoms with Gasteiger partial charge in [0.25, 0.3) is 5.91 Å². The minimum atomic E-state index is -0.733. The van der Waals surface area contributed by atoms with E-state index in [1.54, 1.807) is 18.3 Å². The molecule has 136 valence electrons. The molecule has 0 radical (unpaired) electrons. The van der Waals surface area contributed by atoms with E-state index < -0.39 is 5.60 Å². The van der Waals surface area contributed by atoms with E-state index in [1.807, 2.05) is 29.2 Å². The number of aromatic nitrogens is 1. The van der Waals surface area contributed by atoms with E-state index in [0.717, 1.165) is 12.8 Å². The number of hydrogen-bond donors (Lipinski definition) is 0. The normalized spacial score (nSPS) is 31.4. The van der Waals surface area contributed by atoms with Gasteiger partial charge in [0, 0.05) is 12.8 Å². The summed E-state index contributed by atoms with van der Waals surface area (Å²) in [4.78, 5) is 19.1. The highest BCUT2D eigenvalue weighted by Gasteiger charge is 2.63. The second-order valence-electron chi connectivity index (χ2n) is 7.42. The lowest BCUT2D eigenvalue weighted by atomic mass is 9.76. The summed E-state index contributed by atoms with van der Waals surface area (Å²) in [7, 11) is 0. The average Bonchev–Trinajstić information content (AvgIpc) is 3.21. The quantitative estimate of drug-likeness (QED) is 0.840. The summed E-state index contributed by atoms with van der Waals surface area (Å²) in [6.45, 7) is 0. The van der Waals surface area contributed by atoms with Gasteiger partial charge in [0.05, 0.1) is 12.2 Å². The first-order valence-corrected chi connectivity index (χ1v) is 9.27. The summed E-state index contributed by atoms with van der Waals surface area (Å²) >= 11 is 0. The molecule has 1 saturated carbocycles. The van der Waals surface area contributed by atoms with Gasteiger partial charge >= 0.3 is 0 Å². The Kier molecular flexibility index (Phi) is 3.66. The van der Waals surface area contributed by atoms with Gasteiger partial charge in [-0.3, -0.25) is 4.79 Å². The maximum Gasteiger partial charge on any atom is 0.257 e. The molecule has 6 nitrogen and oxygen atoms in total. The number of amides is 1. The molecule has 3 aliphatic rings. The Morgan fingerprint density at radius 2 is 2.00 bits per heavy atom. The summed E-state index contributed by atoms with van der Waals surface area (Å²) in [6, 6.07) is 15.6. The molecule has 2 saturated heterocycles. The molecule has 27 heavy (non-hydrogen) atoms. The molecule has 0 unspecified atom stereocenters. The monoisotopic (exact) mass is 361 g/mol. The molecular formula is C21H19N3O3. The molecule has 1 aromatic carbocycles. The van der Waals surface area contributed by atoms with Crippen molar-refractivity contribution >= 4 is 5.91 Å². The SMILES string of the molecule is N#Cc1ccc(OC2CC3(C2)O[C@@H]2CC[C@@H](c4ccccc4)N2C3=O)cn1. The Bertz CT molecular complexity index is 901. The average molecular weight is 361 g/mol. The zero-order chi connectivity index (χ0) is 18.4. The van der Waals surface area contributed by atoms with Crippen LogP contribution in [0.5, 0.6) is 5.75 Å². The zero-order valence-corrected chi connectivity index (χ0v) is 14.7. The van der Waals surface area contributed by atoms with Gasteiger partial charge in [0.1, 0.15) is 29.8 Å². The number of rotatable bonds is 3. The highest BCUT2D eigenvalue weighted by atomic mass is 16.6.